The maximum Gasteiger partial charge on any atom is 0.412 e. The number of ether oxygens (including phenoxy) is 2. The van der Waals surface area contributed by atoms with Crippen molar-refractivity contribution in [2.45, 2.75) is 34.7 Å². The van der Waals surface area contributed by atoms with E-state index in [0.29, 0.717) is 12.8 Å². The van der Waals surface area contributed by atoms with Gasteiger partial charge in [0.1, 0.15) is 11.5 Å². The van der Waals surface area contributed by atoms with Crippen LogP contribution in [-0.4, -0.2) is 72.5 Å². The Morgan fingerprint density at radius 3 is 1.32 bits per heavy atom. The van der Waals surface area contributed by atoms with Gasteiger partial charge in [0, 0.05) is 12.1 Å². The lowest BCUT2D eigenvalue weighted by Gasteiger charge is -2.12. The molecule has 0 unspecified atom stereocenters. The van der Waals surface area contributed by atoms with Crippen LogP contribution in [0.15, 0.2) is 58.3 Å². The third-order valence-electron chi connectivity index (χ3n) is 5.80. The molecule has 12 nitrogen and oxygen atoms in total. The van der Waals surface area contributed by atoms with Crippen molar-refractivity contribution < 1.29 is 44.3 Å². The molecule has 2 N–H and O–H groups in total. The van der Waals surface area contributed by atoms with E-state index in [0.717, 1.165) is 0 Å². The zero-order valence-electron chi connectivity index (χ0n) is 19.3. The molecule has 37 heavy (non-hydrogen) atoms. The second-order valence-corrected chi connectivity index (χ2v) is 15.1. The van der Waals surface area contributed by atoms with E-state index in [-0.39, 0.29) is 44.3 Å². The molecule has 2 aromatic carbocycles. The van der Waals surface area contributed by atoms with Gasteiger partial charge in [-0.15, -0.1) is 0 Å². The third-order valence-corrected chi connectivity index (χ3v) is 11.1. The number of hydrogen-bond donors (Lipinski definition) is 2. The van der Waals surface area contributed by atoms with E-state index in [4.69, 9.17) is 9.47 Å². The van der Waals surface area contributed by atoms with E-state index in [1.807, 2.05) is 0 Å². The van der Waals surface area contributed by atoms with E-state index in [1.165, 1.54) is 48.5 Å². The molecule has 0 aliphatic carbocycles. The Labute approximate surface area is 214 Å². The first-order chi connectivity index (χ1) is 17.3. The maximum atomic E-state index is 12.9. The summed E-state index contributed by atoms with van der Waals surface area (Å²) < 4.78 is 82.0. The molecule has 2 atom stereocenters. The summed E-state index contributed by atoms with van der Waals surface area (Å²) in [6, 6.07) is 9.13. The Morgan fingerprint density at radius 2 is 1.03 bits per heavy atom. The minimum Gasteiger partial charge on any atom is -0.410 e. The summed E-state index contributed by atoms with van der Waals surface area (Å²) in [5.74, 6) is -0.170. The topological polar surface area (TPSA) is 179 Å². The summed E-state index contributed by atoms with van der Waals surface area (Å²) in [4.78, 5) is 23.9. The molecule has 0 saturated carbocycles. The highest BCUT2D eigenvalue weighted by atomic mass is 32.2. The van der Waals surface area contributed by atoms with E-state index in [9.17, 15) is 34.8 Å². The first-order valence-electron chi connectivity index (χ1n) is 11.1. The predicted octanol–water partition coefficient (Wildman–Crippen LogP) is 1.07. The predicted molar refractivity (Wildman–Crippen MR) is 131 cm³/mol. The summed E-state index contributed by atoms with van der Waals surface area (Å²) in [7, 11) is -10.3. The van der Waals surface area contributed by atoms with Crippen LogP contribution in [0.4, 0.5) is 9.59 Å². The smallest absolute Gasteiger partial charge is 0.410 e. The number of hydrogen-bond acceptors (Lipinski definition) is 10. The molecule has 4 rings (SSSR count). The molecule has 0 aromatic heterocycles. The van der Waals surface area contributed by atoms with Crippen molar-refractivity contribution in [1.82, 2.24) is 10.6 Å². The van der Waals surface area contributed by atoms with Gasteiger partial charge in [-0.05, 0) is 61.4 Å². The highest BCUT2D eigenvalue weighted by Gasteiger charge is 2.30. The van der Waals surface area contributed by atoms with Crippen LogP contribution in [0.3, 0.4) is 0 Å². The lowest BCUT2D eigenvalue weighted by atomic mass is 10.3. The number of sulfone groups is 3. The van der Waals surface area contributed by atoms with Gasteiger partial charge < -0.3 is 20.1 Å². The van der Waals surface area contributed by atoms with Crippen molar-refractivity contribution in [2.75, 3.05) is 23.0 Å². The average molecular weight is 573 g/mol. The van der Waals surface area contributed by atoms with Crippen LogP contribution in [0.5, 0.6) is 11.5 Å². The molecule has 0 radical (unpaired) electrons. The van der Waals surface area contributed by atoms with Crippen LogP contribution in [-0.2, 0) is 29.5 Å². The van der Waals surface area contributed by atoms with Crippen LogP contribution < -0.4 is 20.1 Å². The van der Waals surface area contributed by atoms with E-state index < -0.39 is 53.8 Å². The largest absolute Gasteiger partial charge is 0.412 e. The van der Waals surface area contributed by atoms with Crippen molar-refractivity contribution >= 4 is 41.7 Å². The van der Waals surface area contributed by atoms with Crippen molar-refractivity contribution in [1.29, 1.82) is 0 Å². The molecule has 200 valence electrons. The number of carbonyl (C=O) groups is 2. The first-order valence-corrected chi connectivity index (χ1v) is 16.3. The molecular formula is C22H24N2O10S3. The van der Waals surface area contributed by atoms with Crippen LogP contribution in [0, 0.1) is 0 Å². The van der Waals surface area contributed by atoms with Crippen molar-refractivity contribution in [3.05, 3.63) is 48.5 Å². The fourth-order valence-electron chi connectivity index (χ4n) is 3.93. The molecule has 2 aliphatic heterocycles. The second-order valence-electron chi connectivity index (χ2n) is 8.71. The van der Waals surface area contributed by atoms with Crippen molar-refractivity contribution in [3.63, 3.8) is 0 Å². The van der Waals surface area contributed by atoms with Crippen molar-refractivity contribution in [3.8, 4) is 11.5 Å². The monoisotopic (exact) mass is 572 g/mol. The van der Waals surface area contributed by atoms with Crippen molar-refractivity contribution in [2.24, 2.45) is 0 Å². The molecular weight excluding hydrogens is 548 g/mol. The Morgan fingerprint density at radius 1 is 0.676 bits per heavy atom. The maximum absolute atomic E-state index is 12.9. The third kappa shape index (κ3) is 6.99. The number of benzene rings is 2. The second kappa shape index (κ2) is 10.3. The highest BCUT2D eigenvalue weighted by molar-refractivity contribution is 7.92. The molecule has 2 saturated heterocycles. The SMILES string of the molecule is O=C(N[C@H]1CCS(=O)(=O)C1)Oc1ccc(S(=O)(=O)c2ccc(OC(=O)N[C@H]3CCS(=O)(=O)C3)cc2)cc1. The minimum atomic E-state index is -3.94. The fourth-order valence-corrected chi connectivity index (χ4v) is 8.54. The molecule has 2 aromatic rings. The van der Waals surface area contributed by atoms with Gasteiger partial charge in [-0.25, -0.2) is 34.8 Å². The molecule has 2 heterocycles. The Bertz CT molecular complexity index is 1390. The lowest BCUT2D eigenvalue weighted by Crippen LogP contribution is -2.37. The standard InChI is InChI=1S/C22H24N2O10S3/c25-21(23-15-9-11-35(27,28)13-15)33-17-1-5-19(6-2-17)37(31,32)20-7-3-18(4-8-20)34-22(26)24-16-10-12-36(29,30)14-16/h1-8,15-16H,9-14H2,(H,23,25)(H,24,26)/t15-,16-/m0/s1. The van der Waals surface area contributed by atoms with Crippen LogP contribution in [0.2, 0.25) is 0 Å². The summed E-state index contributed by atoms with van der Waals surface area (Å²) >= 11 is 0. The van der Waals surface area contributed by atoms with E-state index in [2.05, 4.69) is 10.6 Å². The van der Waals surface area contributed by atoms with Gasteiger partial charge in [0.2, 0.25) is 9.84 Å². The Balaban J connectivity index is 1.33. The lowest BCUT2D eigenvalue weighted by molar-refractivity contribution is 0.196. The Kier molecular flexibility index (Phi) is 7.48. The van der Waals surface area contributed by atoms with Crippen LogP contribution in [0.1, 0.15) is 12.8 Å². The van der Waals surface area contributed by atoms with Gasteiger partial charge in [0.15, 0.2) is 19.7 Å². The average Bonchev–Trinajstić information content (AvgIpc) is 3.33. The Hall–Kier alpha value is -3.17. The molecule has 0 spiro atoms. The van der Waals surface area contributed by atoms with Gasteiger partial charge in [-0.1, -0.05) is 0 Å². The number of amides is 2. The zero-order chi connectivity index (χ0) is 26.8. The van der Waals surface area contributed by atoms with E-state index in [1.54, 1.807) is 0 Å². The summed E-state index contributed by atoms with van der Waals surface area (Å²) in [5, 5.41) is 4.94. The summed E-state index contributed by atoms with van der Waals surface area (Å²) in [6.07, 6.45) is -1.08. The van der Waals surface area contributed by atoms with Crippen LogP contribution >= 0.6 is 0 Å². The number of carbonyl (C=O) groups excluding carboxylic acids is 2. The van der Waals surface area contributed by atoms with E-state index >= 15 is 0 Å². The summed E-state index contributed by atoms with van der Waals surface area (Å²) in [6.45, 7) is 0. The van der Waals surface area contributed by atoms with Gasteiger partial charge in [-0.2, -0.15) is 0 Å². The summed E-state index contributed by atoms with van der Waals surface area (Å²) in [5.41, 5.74) is 0. The molecule has 2 amide bonds. The quantitative estimate of drug-likeness (QED) is 0.508. The van der Waals surface area contributed by atoms with Gasteiger partial charge in [0.05, 0.1) is 32.8 Å². The number of rotatable bonds is 6. The molecule has 15 heteroatoms. The number of nitrogens with one attached hydrogen (secondary N) is 2. The van der Waals surface area contributed by atoms with Gasteiger partial charge in [-0.3, -0.25) is 0 Å². The van der Waals surface area contributed by atoms with Gasteiger partial charge in [0.25, 0.3) is 0 Å². The minimum absolute atomic E-state index is 0.00229. The normalized spacial score (nSPS) is 22.2. The fraction of sp³-hybridized carbons (Fsp3) is 0.364. The molecule has 0 bridgehead atoms. The first kappa shape index (κ1) is 26.9. The molecule has 2 fully saturated rings. The van der Waals surface area contributed by atoms with Crippen LogP contribution in [0.25, 0.3) is 0 Å². The van der Waals surface area contributed by atoms with Gasteiger partial charge >= 0.3 is 12.2 Å². The zero-order valence-corrected chi connectivity index (χ0v) is 21.8. The highest BCUT2D eigenvalue weighted by Crippen LogP contribution is 2.25. The molecule has 2 aliphatic rings.